The van der Waals surface area contributed by atoms with Crippen LogP contribution in [-0.2, 0) is 6.42 Å². The van der Waals surface area contributed by atoms with Crippen molar-refractivity contribution in [1.29, 1.82) is 0 Å². The van der Waals surface area contributed by atoms with Crippen LogP contribution in [0.5, 0.6) is 0 Å². The molecule has 0 aromatic heterocycles. The van der Waals surface area contributed by atoms with Gasteiger partial charge in [0.15, 0.2) is 0 Å². The zero-order valence-electron chi connectivity index (χ0n) is 10.5. The normalized spacial score (nSPS) is 17.7. The van der Waals surface area contributed by atoms with E-state index in [1.807, 2.05) is 18.2 Å². The third-order valence-corrected chi connectivity index (χ3v) is 3.68. The Morgan fingerprint density at radius 1 is 1.11 bits per heavy atom. The first-order valence-electron chi connectivity index (χ1n) is 6.51. The van der Waals surface area contributed by atoms with Gasteiger partial charge in [-0.2, -0.15) is 0 Å². The molecule has 1 atom stereocenters. The van der Waals surface area contributed by atoms with Crippen LogP contribution in [0, 0.1) is 11.6 Å². The molecule has 19 heavy (non-hydrogen) atoms. The fourth-order valence-electron chi connectivity index (χ4n) is 2.73. The van der Waals surface area contributed by atoms with E-state index in [1.54, 1.807) is 0 Å². The lowest BCUT2D eigenvalue weighted by molar-refractivity contribution is 0.557. The van der Waals surface area contributed by atoms with Gasteiger partial charge in [0.25, 0.3) is 0 Å². The molecule has 0 radical (unpaired) electrons. The summed E-state index contributed by atoms with van der Waals surface area (Å²) in [5, 5.41) is 3.34. The summed E-state index contributed by atoms with van der Waals surface area (Å²) in [4.78, 5) is 0. The third-order valence-electron chi connectivity index (χ3n) is 3.68. The Kier molecular flexibility index (Phi) is 3.20. The second kappa shape index (κ2) is 5.00. The highest BCUT2D eigenvalue weighted by molar-refractivity contribution is 5.55. The standard InChI is InChI=1S/C16H15F2N/c17-13-5-6-15(18)12(10-13)9-11-7-8-19-16-4-2-1-3-14(11)16/h1-6,10-11,19H,7-9H2. The fourth-order valence-corrected chi connectivity index (χ4v) is 2.73. The monoisotopic (exact) mass is 259 g/mol. The minimum atomic E-state index is -0.376. The molecule has 1 N–H and O–H groups in total. The van der Waals surface area contributed by atoms with Gasteiger partial charge in [0.2, 0.25) is 0 Å². The van der Waals surface area contributed by atoms with E-state index in [9.17, 15) is 8.78 Å². The van der Waals surface area contributed by atoms with Crippen molar-refractivity contribution >= 4 is 5.69 Å². The van der Waals surface area contributed by atoms with Crippen LogP contribution in [-0.4, -0.2) is 6.54 Å². The molecule has 0 aliphatic carbocycles. The SMILES string of the molecule is Fc1ccc(F)c(CC2CCNc3ccccc32)c1. The number of anilines is 1. The van der Waals surface area contributed by atoms with Gasteiger partial charge in [-0.25, -0.2) is 8.78 Å². The van der Waals surface area contributed by atoms with E-state index in [0.717, 1.165) is 24.7 Å². The van der Waals surface area contributed by atoms with E-state index in [0.29, 0.717) is 12.0 Å². The van der Waals surface area contributed by atoms with Gasteiger partial charge in [-0.15, -0.1) is 0 Å². The first kappa shape index (κ1) is 12.2. The van der Waals surface area contributed by atoms with Gasteiger partial charge < -0.3 is 5.32 Å². The smallest absolute Gasteiger partial charge is 0.126 e. The average molecular weight is 259 g/mol. The van der Waals surface area contributed by atoms with Gasteiger partial charge in [-0.05, 0) is 54.2 Å². The van der Waals surface area contributed by atoms with Crippen molar-refractivity contribution in [2.24, 2.45) is 0 Å². The van der Waals surface area contributed by atoms with Crippen molar-refractivity contribution in [3.05, 3.63) is 65.2 Å². The average Bonchev–Trinajstić information content (AvgIpc) is 2.43. The molecule has 0 amide bonds. The lowest BCUT2D eigenvalue weighted by Crippen LogP contribution is -2.18. The highest BCUT2D eigenvalue weighted by Crippen LogP contribution is 2.34. The second-order valence-corrected chi connectivity index (χ2v) is 4.94. The van der Waals surface area contributed by atoms with Crippen LogP contribution in [0.4, 0.5) is 14.5 Å². The molecule has 0 spiro atoms. The highest BCUT2D eigenvalue weighted by atomic mass is 19.1. The second-order valence-electron chi connectivity index (χ2n) is 4.94. The largest absolute Gasteiger partial charge is 0.385 e. The molecule has 1 aliphatic rings. The molecular weight excluding hydrogens is 244 g/mol. The van der Waals surface area contributed by atoms with Crippen molar-refractivity contribution in [3.8, 4) is 0 Å². The predicted octanol–water partition coefficient (Wildman–Crippen LogP) is 4.11. The van der Waals surface area contributed by atoms with Crippen LogP contribution >= 0.6 is 0 Å². The minimum Gasteiger partial charge on any atom is -0.385 e. The highest BCUT2D eigenvalue weighted by Gasteiger charge is 2.21. The van der Waals surface area contributed by atoms with E-state index in [-0.39, 0.29) is 17.6 Å². The zero-order valence-corrected chi connectivity index (χ0v) is 10.5. The minimum absolute atomic E-state index is 0.244. The maximum atomic E-state index is 13.7. The molecule has 1 aliphatic heterocycles. The topological polar surface area (TPSA) is 12.0 Å². The zero-order chi connectivity index (χ0) is 13.2. The number of fused-ring (bicyclic) bond motifs is 1. The summed E-state index contributed by atoms with van der Waals surface area (Å²) >= 11 is 0. The number of rotatable bonds is 2. The Bertz CT molecular complexity index is 595. The molecule has 0 saturated heterocycles. The van der Waals surface area contributed by atoms with Gasteiger partial charge in [-0.1, -0.05) is 18.2 Å². The molecule has 98 valence electrons. The Balaban J connectivity index is 1.90. The Labute approximate surface area is 111 Å². The summed E-state index contributed by atoms with van der Waals surface area (Å²) in [6.07, 6.45) is 1.48. The number of halogens is 2. The molecule has 1 unspecified atom stereocenters. The summed E-state index contributed by atoms with van der Waals surface area (Å²) in [5.74, 6) is -0.454. The Morgan fingerprint density at radius 2 is 1.95 bits per heavy atom. The van der Waals surface area contributed by atoms with Crippen molar-refractivity contribution < 1.29 is 8.78 Å². The first-order valence-corrected chi connectivity index (χ1v) is 6.51. The van der Waals surface area contributed by atoms with E-state index >= 15 is 0 Å². The molecule has 3 heteroatoms. The van der Waals surface area contributed by atoms with Gasteiger partial charge in [0.1, 0.15) is 11.6 Å². The molecule has 0 saturated carbocycles. The first-order chi connectivity index (χ1) is 9.24. The van der Waals surface area contributed by atoms with E-state index < -0.39 is 0 Å². The van der Waals surface area contributed by atoms with Gasteiger partial charge in [0, 0.05) is 12.2 Å². The lowest BCUT2D eigenvalue weighted by atomic mass is 9.86. The van der Waals surface area contributed by atoms with Crippen LogP contribution in [0.3, 0.4) is 0 Å². The van der Waals surface area contributed by atoms with Gasteiger partial charge >= 0.3 is 0 Å². The van der Waals surface area contributed by atoms with E-state index in [4.69, 9.17) is 0 Å². The van der Waals surface area contributed by atoms with Gasteiger partial charge in [-0.3, -0.25) is 0 Å². The van der Waals surface area contributed by atoms with Crippen LogP contribution in [0.1, 0.15) is 23.5 Å². The summed E-state index contributed by atoms with van der Waals surface area (Å²) < 4.78 is 26.9. The van der Waals surface area contributed by atoms with Crippen molar-refractivity contribution in [3.63, 3.8) is 0 Å². The van der Waals surface area contributed by atoms with Crippen LogP contribution < -0.4 is 5.32 Å². The number of hydrogen-bond acceptors (Lipinski definition) is 1. The maximum Gasteiger partial charge on any atom is 0.126 e. The summed E-state index contributed by atoms with van der Waals surface area (Å²) in [6.45, 7) is 0.874. The molecule has 2 aromatic rings. The van der Waals surface area contributed by atoms with E-state index in [1.165, 1.54) is 17.7 Å². The maximum absolute atomic E-state index is 13.7. The molecule has 3 rings (SSSR count). The van der Waals surface area contributed by atoms with Crippen molar-refractivity contribution in [1.82, 2.24) is 0 Å². The molecule has 1 heterocycles. The number of nitrogens with one attached hydrogen (secondary N) is 1. The number of para-hydroxylation sites is 1. The van der Waals surface area contributed by atoms with Crippen molar-refractivity contribution in [2.45, 2.75) is 18.8 Å². The van der Waals surface area contributed by atoms with Crippen molar-refractivity contribution in [2.75, 3.05) is 11.9 Å². The van der Waals surface area contributed by atoms with Crippen LogP contribution in [0.15, 0.2) is 42.5 Å². The molecule has 2 aromatic carbocycles. The third kappa shape index (κ3) is 2.46. The summed E-state index contributed by atoms with van der Waals surface area (Å²) in [7, 11) is 0. The van der Waals surface area contributed by atoms with Gasteiger partial charge in [0.05, 0.1) is 0 Å². The van der Waals surface area contributed by atoms with E-state index in [2.05, 4.69) is 11.4 Å². The summed E-state index contributed by atoms with van der Waals surface area (Å²) in [6, 6.07) is 11.7. The molecule has 0 fully saturated rings. The predicted molar refractivity (Wildman–Crippen MR) is 72.4 cm³/mol. The Morgan fingerprint density at radius 3 is 2.84 bits per heavy atom. The number of benzene rings is 2. The quantitative estimate of drug-likeness (QED) is 0.856. The molecule has 0 bridgehead atoms. The molecular formula is C16H15F2N. The summed E-state index contributed by atoms with van der Waals surface area (Å²) in [5.41, 5.74) is 2.76. The van der Waals surface area contributed by atoms with Crippen LogP contribution in [0.25, 0.3) is 0 Å². The van der Waals surface area contributed by atoms with Crippen LogP contribution in [0.2, 0.25) is 0 Å². The Hall–Kier alpha value is -1.90. The lowest BCUT2D eigenvalue weighted by Gasteiger charge is -2.26. The number of hydrogen-bond donors (Lipinski definition) is 1. The molecule has 1 nitrogen and oxygen atoms in total. The fraction of sp³-hybridized carbons (Fsp3) is 0.250.